The van der Waals surface area contributed by atoms with E-state index in [2.05, 4.69) is 20.8 Å². The number of benzene rings is 1. The molecule has 0 aliphatic carbocycles. The number of ether oxygens (including phenoxy) is 1. The fraction of sp³-hybridized carbons (Fsp3) is 0.0769. The molecule has 0 aliphatic rings. The summed E-state index contributed by atoms with van der Waals surface area (Å²) >= 11 is 0. The number of hydrogen-bond acceptors (Lipinski definition) is 5. The first kappa shape index (κ1) is 13.5. The normalized spacial score (nSPS) is 9.65. The van der Waals surface area contributed by atoms with Gasteiger partial charge in [0.15, 0.2) is 0 Å². The van der Waals surface area contributed by atoms with Crippen LogP contribution >= 0.6 is 0 Å². The van der Waals surface area contributed by atoms with Crippen LogP contribution in [-0.4, -0.2) is 28.9 Å². The Morgan fingerprint density at radius 1 is 1.05 bits per heavy atom. The number of carbonyl (C=O) groups excluding carboxylic acids is 2. The number of methoxy groups -OCH3 is 1. The van der Waals surface area contributed by atoms with Crippen LogP contribution in [0.3, 0.4) is 0 Å². The molecular weight excluding hydrogens is 260 g/mol. The van der Waals surface area contributed by atoms with Crippen LogP contribution in [0.1, 0.15) is 20.8 Å². The molecule has 7 nitrogen and oxygen atoms in total. The minimum Gasteiger partial charge on any atom is -0.497 e. The van der Waals surface area contributed by atoms with Gasteiger partial charge in [0.1, 0.15) is 11.4 Å². The molecule has 2 rings (SSSR count). The maximum Gasteiger partial charge on any atom is 0.289 e. The molecule has 2 N–H and O–H groups in total. The second-order valence-electron chi connectivity index (χ2n) is 3.73. The van der Waals surface area contributed by atoms with Crippen molar-refractivity contribution in [3.8, 4) is 5.75 Å². The van der Waals surface area contributed by atoms with Crippen molar-refractivity contribution in [2.24, 2.45) is 0 Å². The van der Waals surface area contributed by atoms with E-state index in [1.54, 1.807) is 24.3 Å². The van der Waals surface area contributed by atoms with Gasteiger partial charge in [-0.05, 0) is 24.3 Å². The van der Waals surface area contributed by atoms with E-state index in [0.717, 1.165) is 0 Å². The maximum absolute atomic E-state index is 11.8. The summed E-state index contributed by atoms with van der Waals surface area (Å²) < 4.78 is 4.99. The highest BCUT2D eigenvalue weighted by atomic mass is 16.5. The molecule has 20 heavy (non-hydrogen) atoms. The van der Waals surface area contributed by atoms with Crippen LogP contribution in [0.15, 0.2) is 42.9 Å². The molecule has 0 saturated heterocycles. The first-order valence-electron chi connectivity index (χ1n) is 5.71. The molecular formula is C13H12N4O3. The fourth-order valence-electron chi connectivity index (χ4n) is 1.41. The standard InChI is InChI=1S/C13H12N4O3/c1-20-10-4-2-9(3-5-10)12(18)16-17-13(19)11-8-14-6-7-15-11/h2-8H,1H3,(H,16,18)(H,17,19). The molecule has 0 atom stereocenters. The summed E-state index contributed by atoms with van der Waals surface area (Å²) in [6.07, 6.45) is 4.14. The summed E-state index contributed by atoms with van der Waals surface area (Å²) in [7, 11) is 1.54. The van der Waals surface area contributed by atoms with Crippen molar-refractivity contribution in [1.29, 1.82) is 0 Å². The number of aromatic nitrogens is 2. The molecule has 1 aromatic carbocycles. The van der Waals surface area contributed by atoms with Crippen molar-refractivity contribution in [2.45, 2.75) is 0 Å². The molecule has 0 bridgehead atoms. The van der Waals surface area contributed by atoms with E-state index < -0.39 is 11.8 Å². The predicted octanol–water partition coefficient (Wildman–Crippen LogP) is 0.560. The van der Waals surface area contributed by atoms with Crippen LogP contribution < -0.4 is 15.6 Å². The first-order valence-corrected chi connectivity index (χ1v) is 5.71. The van der Waals surface area contributed by atoms with Gasteiger partial charge in [-0.2, -0.15) is 0 Å². The third kappa shape index (κ3) is 3.29. The molecule has 0 aliphatic heterocycles. The van der Waals surface area contributed by atoms with Crippen molar-refractivity contribution in [3.63, 3.8) is 0 Å². The third-order valence-corrected chi connectivity index (χ3v) is 2.44. The predicted molar refractivity (Wildman–Crippen MR) is 70.0 cm³/mol. The Bertz CT molecular complexity index is 599. The van der Waals surface area contributed by atoms with Gasteiger partial charge in [0, 0.05) is 18.0 Å². The monoisotopic (exact) mass is 272 g/mol. The van der Waals surface area contributed by atoms with Crippen molar-refractivity contribution < 1.29 is 14.3 Å². The average molecular weight is 272 g/mol. The second-order valence-corrected chi connectivity index (χ2v) is 3.73. The van der Waals surface area contributed by atoms with E-state index in [-0.39, 0.29) is 5.69 Å². The quantitative estimate of drug-likeness (QED) is 0.796. The Hall–Kier alpha value is -2.96. The summed E-state index contributed by atoms with van der Waals surface area (Å²) in [4.78, 5) is 31.0. The van der Waals surface area contributed by atoms with Gasteiger partial charge in [-0.1, -0.05) is 0 Å². The number of nitrogens with zero attached hydrogens (tertiary/aromatic N) is 2. The minimum atomic E-state index is -0.542. The Morgan fingerprint density at radius 3 is 2.35 bits per heavy atom. The maximum atomic E-state index is 11.8. The minimum absolute atomic E-state index is 0.113. The van der Waals surface area contributed by atoms with E-state index in [4.69, 9.17) is 4.74 Å². The zero-order chi connectivity index (χ0) is 14.4. The fourth-order valence-corrected chi connectivity index (χ4v) is 1.41. The summed E-state index contributed by atoms with van der Waals surface area (Å²) in [6, 6.07) is 6.48. The number of nitrogens with one attached hydrogen (secondary N) is 2. The molecule has 0 spiro atoms. The van der Waals surface area contributed by atoms with Crippen LogP contribution in [0.2, 0.25) is 0 Å². The molecule has 102 valence electrons. The molecule has 1 aromatic heterocycles. The topological polar surface area (TPSA) is 93.2 Å². The van der Waals surface area contributed by atoms with Gasteiger partial charge in [-0.3, -0.25) is 25.4 Å². The SMILES string of the molecule is COc1ccc(C(=O)NNC(=O)c2cnccn2)cc1. The molecule has 1 heterocycles. The Morgan fingerprint density at radius 2 is 1.75 bits per heavy atom. The lowest BCUT2D eigenvalue weighted by Crippen LogP contribution is -2.41. The molecule has 2 amide bonds. The van der Waals surface area contributed by atoms with E-state index >= 15 is 0 Å². The lowest BCUT2D eigenvalue weighted by atomic mass is 10.2. The summed E-state index contributed by atoms with van der Waals surface area (Å²) in [5, 5.41) is 0. The molecule has 0 saturated carbocycles. The number of rotatable bonds is 3. The lowest BCUT2D eigenvalue weighted by molar-refractivity contribution is 0.0843. The van der Waals surface area contributed by atoms with Crippen LogP contribution in [0.25, 0.3) is 0 Å². The average Bonchev–Trinajstić information content (AvgIpc) is 2.53. The highest BCUT2D eigenvalue weighted by molar-refractivity contribution is 5.98. The molecule has 0 radical (unpaired) electrons. The van der Waals surface area contributed by atoms with Gasteiger partial charge in [0.2, 0.25) is 0 Å². The van der Waals surface area contributed by atoms with Crippen molar-refractivity contribution >= 4 is 11.8 Å². The van der Waals surface area contributed by atoms with E-state index in [1.165, 1.54) is 25.7 Å². The van der Waals surface area contributed by atoms with Gasteiger partial charge in [0.05, 0.1) is 13.3 Å². The van der Waals surface area contributed by atoms with Gasteiger partial charge in [-0.25, -0.2) is 4.98 Å². The van der Waals surface area contributed by atoms with Crippen LogP contribution in [0, 0.1) is 0 Å². The van der Waals surface area contributed by atoms with Gasteiger partial charge in [0.25, 0.3) is 11.8 Å². The highest BCUT2D eigenvalue weighted by Gasteiger charge is 2.09. The largest absolute Gasteiger partial charge is 0.497 e. The Kier molecular flexibility index (Phi) is 4.23. The van der Waals surface area contributed by atoms with E-state index in [1.807, 2.05) is 0 Å². The number of carbonyl (C=O) groups is 2. The summed E-state index contributed by atoms with van der Waals surface area (Å²) in [5.41, 5.74) is 5.05. The van der Waals surface area contributed by atoms with Crippen LogP contribution in [0.4, 0.5) is 0 Å². The lowest BCUT2D eigenvalue weighted by Gasteiger charge is -2.07. The van der Waals surface area contributed by atoms with E-state index in [9.17, 15) is 9.59 Å². The third-order valence-electron chi connectivity index (χ3n) is 2.44. The first-order chi connectivity index (χ1) is 9.70. The van der Waals surface area contributed by atoms with Gasteiger partial charge in [-0.15, -0.1) is 0 Å². The van der Waals surface area contributed by atoms with Crippen LogP contribution in [0.5, 0.6) is 5.75 Å². The number of hydrogen-bond donors (Lipinski definition) is 2. The zero-order valence-electron chi connectivity index (χ0n) is 10.7. The Balaban J connectivity index is 1.93. The van der Waals surface area contributed by atoms with Crippen molar-refractivity contribution in [3.05, 3.63) is 54.1 Å². The van der Waals surface area contributed by atoms with Gasteiger partial charge >= 0.3 is 0 Å². The smallest absolute Gasteiger partial charge is 0.289 e. The number of amides is 2. The second kappa shape index (κ2) is 6.28. The molecule has 0 fully saturated rings. The highest BCUT2D eigenvalue weighted by Crippen LogP contribution is 2.10. The van der Waals surface area contributed by atoms with Crippen LogP contribution in [-0.2, 0) is 0 Å². The summed E-state index contributed by atoms with van der Waals surface area (Å²) in [5.74, 6) is -0.338. The molecule has 2 aromatic rings. The van der Waals surface area contributed by atoms with Gasteiger partial charge < -0.3 is 4.74 Å². The summed E-state index contributed by atoms with van der Waals surface area (Å²) in [6.45, 7) is 0. The number of hydrazine groups is 1. The van der Waals surface area contributed by atoms with Crippen molar-refractivity contribution in [1.82, 2.24) is 20.8 Å². The Labute approximate surface area is 115 Å². The zero-order valence-corrected chi connectivity index (χ0v) is 10.7. The molecule has 0 unspecified atom stereocenters. The molecule has 7 heteroatoms. The van der Waals surface area contributed by atoms with Crippen molar-refractivity contribution in [2.75, 3.05) is 7.11 Å². The van der Waals surface area contributed by atoms with E-state index in [0.29, 0.717) is 11.3 Å².